The van der Waals surface area contributed by atoms with Gasteiger partial charge in [0, 0.05) is 16.8 Å². The molecule has 3 rings (SSSR count). The van der Waals surface area contributed by atoms with Crippen LogP contribution in [0.5, 0.6) is 5.75 Å². The number of carbonyl (C=O) groups is 1. The van der Waals surface area contributed by atoms with Crippen LogP contribution in [0.25, 0.3) is 10.7 Å². The van der Waals surface area contributed by atoms with E-state index in [9.17, 15) is 4.79 Å². The van der Waals surface area contributed by atoms with Gasteiger partial charge in [-0.3, -0.25) is 4.79 Å². The van der Waals surface area contributed by atoms with Gasteiger partial charge in [0.1, 0.15) is 5.75 Å². The molecule has 0 aliphatic carbocycles. The lowest BCUT2D eigenvalue weighted by molar-refractivity contribution is -0.122. The molecule has 3 aromatic rings. The van der Waals surface area contributed by atoms with Crippen LogP contribution >= 0.6 is 22.9 Å². The molecule has 8 heteroatoms. The zero-order valence-corrected chi connectivity index (χ0v) is 15.4. The van der Waals surface area contributed by atoms with Gasteiger partial charge in [-0.1, -0.05) is 22.8 Å². The first-order chi connectivity index (χ1) is 11.9. The standard InChI is InChI=1S/C17H16ClN3O3S/c1-9(23-13-6-4-5-12(18)7-13)17(22)20-14-8-15(25-10(14)2)16-19-11(3)24-21-16/h4-9H,1-3H3,(H,20,22). The fourth-order valence-electron chi connectivity index (χ4n) is 2.15. The highest BCUT2D eigenvalue weighted by atomic mass is 35.5. The number of aryl methyl sites for hydroxylation is 2. The average molecular weight is 378 g/mol. The molecule has 0 radical (unpaired) electrons. The van der Waals surface area contributed by atoms with Crippen LogP contribution in [-0.4, -0.2) is 22.2 Å². The highest BCUT2D eigenvalue weighted by Gasteiger charge is 2.18. The molecule has 0 bridgehead atoms. The van der Waals surface area contributed by atoms with Gasteiger partial charge < -0.3 is 14.6 Å². The third kappa shape index (κ3) is 4.18. The van der Waals surface area contributed by atoms with E-state index in [1.165, 1.54) is 11.3 Å². The van der Waals surface area contributed by atoms with Gasteiger partial charge in [0.2, 0.25) is 11.7 Å². The summed E-state index contributed by atoms with van der Waals surface area (Å²) in [5.41, 5.74) is 0.703. The van der Waals surface area contributed by atoms with Gasteiger partial charge >= 0.3 is 0 Å². The van der Waals surface area contributed by atoms with Crippen molar-refractivity contribution >= 4 is 34.5 Å². The molecule has 1 aromatic carbocycles. The molecule has 130 valence electrons. The van der Waals surface area contributed by atoms with Crippen LogP contribution in [0, 0.1) is 13.8 Å². The monoisotopic (exact) mass is 377 g/mol. The number of halogens is 1. The second kappa shape index (κ2) is 7.25. The number of nitrogens with zero attached hydrogens (tertiary/aromatic N) is 2. The Morgan fingerprint density at radius 3 is 2.84 bits per heavy atom. The maximum atomic E-state index is 12.4. The number of hydrogen-bond acceptors (Lipinski definition) is 6. The Balaban J connectivity index is 1.69. The highest BCUT2D eigenvalue weighted by molar-refractivity contribution is 7.16. The summed E-state index contributed by atoms with van der Waals surface area (Å²) in [6, 6.07) is 8.76. The Morgan fingerprint density at radius 2 is 2.16 bits per heavy atom. The summed E-state index contributed by atoms with van der Waals surface area (Å²) in [7, 11) is 0. The zero-order valence-electron chi connectivity index (χ0n) is 13.9. The van der Waals surface area contributed by atoms with Gasteiger partial charge in [-0.25, -0.2) is 0 Å². The maximum Gasteiger partial charge on any atom is 0.265 e. The van der Waals surface area contributed by atoms with Crippen molar-refractivity contribution < 1.29 is 14.1 Å². The minimum Gasteiger partial charge on any atom is -0.481 e. The highest BCUT2D eigenvalue weighted by Crippen LogP contribution is 2.32. The maximum absolute atomic E-state index is 12.4. The third-order valence-corrected chi connectivity index (χ3v) is 4.68. The number of benzene rings is 1. The lowest BCUT2D eigenvalue weighted by Crippen LogP contribution is -2.30. The molecular formula is C17H16ClN3O3S. The lowest BCUT2D eigenvalue weighted by Gasteiger charge is -2.14. The van der Waals surface area contributed by atoms with Crippen LogP contribution < -0.4 is 10.1 Å². The van der Waals surface area contributed by atoms with E-state index < -0.39 is 6.10 Å². The van der Waals surface area contributed by atoms with E-state index in [0.717, 1.165) is 9.75 Å². The molecular weight excluding hydrogens is 362 g/mol. The van der Waals surface area contributed by atoms with Gasteiger partial charge in [0.05, 0.1) is 10.6 Å². The third-order valence-electron chi connectivity index (χ3n) is 3.40. The van der Waals surface area contributed by atoms with Gasteiger partial charge in [-0.15, -0.1) is 11.3 Å². The van der Waals surface area contributed by atoms with Crippen LogP contribution in [0.1, 0.15) is 17.7 Å². The Bertz CT molecular complexity index is 906. The van der Waals surface area contributed by atoms with E-state index in [0.29, 0.717) is 28.2 Å². The van der Waals surface area contributed by atoms with E-state index >= 15 is 0 Å². The summed E-state index contributed by atoms with van der Waals surface area (Å²) in [5, 5.41) is 7.32. The first-order valence-electron chi connectivity index (χ1n) is 7.56. The summed E-state index contributed by atoms with van der Waals surface area (Å²) in [5.74, 6) is 1.29. The molecule has 6 nitrogen and oxygen atoms in total. The van der Waals surface area contributed by atoms with E-state index in [-0.39, 0.29) is 5.91 Å². The van der Waals surface area contributed by atoms with E-state index in [2.05, 4.69) is 15.5 Å². The van der Waals surface area contributed by atoms with Crippen molar-refractivity contribution in [2.75, 3.05) is 5.32 Å². The minimum absolute atomic E-state index is 0.253. The van der Waals surface area contributed by atoms with E-state index in [4.69, 9.17) is 20.9 Å². The van der Waals surface area contributed by atoms with Crippen LogP contribution in [-0.2, 0) is 4.79 Å². The summed E-state index contributed by atoms with van der Waals surface area (Å²) in [6.45, 7) is 5.33. The van der Waals surface area contributed by atoms with Crippen LogP contribution in [0.15, 0.2) is 34.9 Å². The number of thiophene rings is 1. The zero-order chi connectivity index (χ0) is 18.0. The summed E-state index contributed by atoms with van der Waals surface area (Å²) < 4.78 is 10.6. The van der Waals surface area contributed by atoms with Crippen molar-refractivity contribution in [2.24, 2.45) is 0 Å². The summed E-state index contributed by atoms with van der Waals surface area (Å²) >= 11 is 7.40. The van der Waals surface area contributed by atoms with Crippen molar-refractivity contribution in [1.82, 2.24) is 10.1 Å². The number of rotatable bonds is 5. The van der Waals surface area contributed by atoms with Crippen molar-refractivity contribution in [3.05, 3.63) is 46.1 Å². The second-order valence-corrected chi connectivity index (χ2v) is 7.12. The van der Waals surface area contributed by atoms with E-state index in [1.54, 1.807) is 38.1 Å². The first-order valence-corrected chi connectivity index (χ1v) is 8.76. The van der Waals surface area contributed by atoms with Crippen molar-refractivity contribution in [1.29, 1.82) is 0 Å². The smallest absolute Gasteiger partial charge is 0.265 e. The molecule has 0 aliphatic rings. The number of amides is 1. The SMILES string of the molecule is Cc1nc(-c2cc(NC(=O)C(C)Oc3cccc(Cl)c3)c(C)s2)no1. The predicted molar refractivity (Wildman–Crippen MR) is 97.3 cm³/mol. The van der Waals surface area contributed by atoms with Gasteiger partial charge in [0.15, 0.2) is 6.10 Å². The summed E-state index contributed by atoms with van der Waals surface area (Å²) in [4.78, 5) is 18.4. The average Bonchev–Trinajstić information content (AvgIpc) is 3.14. The molecule has 2 heterocycles. The largest absolute Gasteiger partial charge is 0.481 e. The normalized spacial score (nSPS) is 12.0. The molecule has 1 unspecified atom stereocenters. The number of nitrogens with one attached hydrogen (secondary N) is 1. The Kier molecular flexibility index (Phi) is 5.06. The number of anilines is 1. The molecule has 2 aromatic heterocycles. The van der Waals surface area contributed by atoms with Gasteiger partial charge in [-0.05, 0) is 38.1 Å². The van der Waals surface area contributed by atoms with Crippen LogP contribution in [0.4, 0.5) is 5.69 Å². The molecule has 0 spiro atoms. The molecule has 0 saturated heterocycles. The van der Waals surface area contributed by atoms with Gasteiger partial charge in [-0.2, -0.15) is 4.98 Å². The fourth-order valence-corrected chi connectivity index (χ4v) is 3.23. The Morgan fingerprint density at radius 1 is 1.36 bits per heavy atom. The number of aromatic nitrogens is 2. The quantitative estimate of drug-likeness (QED) is 0.709. The van der Waals surface area contributed by atoms with Crippen LogP contribution in [0.3, 0.4) is 0 Å². The molecule has 1 atom stereocenters. The number of hydrogen-bond donors (Lipinski definition) is 1. The molecule has 0 fully saturated rings. The molecule has 1 N–H and O–H groups in total. The molecule has 1 amide bonds. The van der Waals surface area contributed by atoms with E-state index in [1.807, 2.05) is 13.0 Å². The lowest BCUT2D eigenvalue weighted by atomic mass is 10.3. The summed E-state index contributed by atoms with van der Waals surface area (Å²) in [6.07, 6.45) is -0.673. The number of carbonyl (C=O) groups excluding carboxylic acids is 1. The number of ether oxygens (including phenoxy) is 1. The molecule has 0 aliphatic heterocycles. The van der Waals surface area contributed by atoms with Crippen molar-refractivity contribution in [3.63, 3.8) is 0 Å². The van der Waals surface area contributed by atoms with Gasteiger partial charge in [0.25, 0.3) is 5.91 Å². The minimum atomic E-state index is -0.673. The molecule has 0 saturated carbocycles. The van der Waals surface area contributed by atoms with Crippen LogP contribution in [0.2, 0.25) is 5.02 Å². The molecule has 25 heavy (non-hydrogen) atoms. The second-order valence-electron chi connectivity index (χ2n) is 5.42. The predicted octanol–water partition coefficient (Wildman–Crippen LogP) is 4.47. The van der Waals surface area contributed by atoms with Crippen molar-refractivity contribution in [3.8, 4) is 16.5 Å². The van der Waals surface area contributed by atoms with Crippen molar-refractivity contribution in [2.45, 2.75) is 26.9 Å². The topological polar surface area (TPSA) is 77.2 Å². The fraction of sp³-hybridized carbons (Fsp3) is 0.235. The Labute approximate surface area is 153 Å². The first kappa shape index (κ1) is 17.4. The Hall–Kier alpha value is -2.38.